The number of hydrogen-bond donors (Lipinski definition) is 2. The highest BCUT2D eigenvalue weighted by Gasteiger charge is 2.24. The number of benzene rings is 2. The van der Waals surface area contributed by atoms with Gasteiger partial charge in [-0.15, -0.1) is 0 Å². The van der Waals surface area contributed by atoms with Crippen molar-refractivity contribution in [2.45, 2.75) is 18.6 Å². The minimum Gasteiger partial charge on any atom is -0.356 e. The summed E-state index contributed by atoms with van der Waals surface area (Å²) < 4.78 is 0. The molecule has 0 bridgehead atoms. The normalized spacial score (nSPS) is 17.5. The average molecular weight is 342 g/mol. The topological polar surface area (TPSA) is 58.2 Å². The fourth-order valence-electron chi connectivity index (χ4n) is 3.00. The molecule has 0 spiro atoms. The predicted molar refractivity (Wildman–Crippen MR) is 98.9 cm³/mol. The van der Waals surface area contributed by atoms with Crippen LogP contribution in [0.15, 0.2) is 42.5 Å². The molecule has 0 saturated carbocycles. The van der Waals surface area contributed by atoms with Gasteiger partial charge in [0.1, 0.15) is 0 Å². The molecule has 0 unspecified atom stereocenters. The molecule has 126 valence electrons. The molecule has 24 heavy (non-hydrogen) atoms. The Bertz CT molecular complexity index is 727. The summed E-state index contributed by atoms with van der Waals surface area (Å²) in [4.78, 5) is 23.4. The predicted octanol–water partition coefficient (Wildman–Crippen LogP) is 2.72. The fourth-order valence-corrected chi connectivity index (χ4v) is 3.86. The maximum Gasteiger partial charge on any atom is 0.223 e. The molecule has 2 N–H and O–H groups in total. The zero-order valence-electron chi connectivity index (χ0n) is 13.6. The molecule has 1 heterocycles. The molecule has 2 aromatic carbocycles. The van der Waals surface area contributed by atoms with Crippen LogP contribution in [0.1, 0.15) is 18.4 Å². The van der Waals surface area contributed by atoms with Crippen LogP contribution in [0.25, 0.3) is 10.8 Å². The Kier molecular flexibility index (Phi) is 5.75. The second kappa shape index (κ2) is 8.20. The Balaban J connectivity index is 1.42. The van der Waals surface area contributed by atoms with Crippen LogP contribution in [0.3, 0.4) is 0 Å². The molecule has 1 atom stereocenters. The molecule has 2 aromatic rings. The van der Waals surface area contributed by atoms with Gasteiger partial charge in [-0.25, -0.2) is 0 Å². The van der Waals surface area contributed by atoms with Crippen LogP contribution in [-0.2, 0) is 15.3 Å². The maximum absolute atomic E-state index is 12.1. The van der Waals surface area contributed by atoms with Crippen molar-refractivity contribution in [2.24, 2.45) is 5.92 Å². The number of nitrogens with one attached hydrogen (secondary N) is 2. The van der Waals surface area contributed by atoms with Crippen LogP contribution < -0.4 is 10.6 Å². The van der Waals surface area contributed by atoms with Crippen molar-refractivity contribution >= 4 is 34.3 Å². The van der Waals surface area contributed by atoms with E-state index in [2.05, 4.69) is 53.1 Å². The van der Waals surface area contributed by atoms with E-state index >= 15 is 0 Å². The van der Waals surface area contributed by atoms with E-state index in [1.807, 2.05) is 11.8 Å². The zero-order chi connectivity index (χ0) is 16.8. The molecule has 1 saturated heterocycles. The van der Waals surface area contributed by atoms with E-state index in [9.17, 15) is 9.59 Å². The van der Waals surface area contributed by atoms with Gasteiger partial charge in [-0.3, -0.25) is 9.59 Å². The largest absolute Gasteiger partial charge is 0.356 e. The van der Waals surface area contributed by atoms with Crippen molar-refractivity contribution in [1.82, 2.24) is 10.6 Å². The minimum atomic E-state index is -0.165. The molecule has 1 aliphatic heterocycles. The highest BCUT2D eigenvalue weighted by molar-refractivity contribution is 7.98. The number of thioether (sulfide) groups is 1. The van der Waals surface area contributed by atoms with Gasteiger partial charge in [0.2, 0.25) is 11.8 Å². The lowest BCUT2D eigenvalue weighted by Crippen LogP contribution is -2.41. The lowest BCUT2D eigenvalue weighted by atomic mass is 9.97. The highest BCUT2D eigenvalue weighted by atomic mass is 32.2. The Labute approximate surface area is 146 Å². The molecule has 0 aromatic heterocycles. The third-order valence-corrected chi connectivity index (χ3v) is 5.31. The van der Waals surface area contributed by atoms with Gasteiger partial charge >= 0.3 is 0 Å². The summed E-state index contributed by atoms with van der Waals surface area (Å²) in [5.41, 5.74) is 1.33. The van der Waals surface area contributed by atoms with Crippen LogP contribution in [0.2, 0.25) is 0 Å². The van der Waals surface area contributed by atoms with E-state index in [-0.39, 0.29) is 17.7 Å². The summed E-state index contributed by atoms with van der Waals surface area (Å²) in [7, 11) is 0. The summed E-state index contributed by atoms with van der Waals surface area (Å²) in [6.07, 6.45) is 1.05. The molecule has 0 radical (unpaired) electrons. The van der Waals surface area contributed by atoms with Gasteiger partial charge < -0.3 is 10.6 Å². The van der Waals surface area contributed by atoms with E-state index in [1.165, 1.54) is 16.3 Å². The van der Waals surface area contributed by atoms with Gasteiger partial charge in [-0.05, 0) is 22.8 Å². The maximum atomic E-state index is 12.1. The summed E-state index contributed by atoms with van der Waals surface area (Å²) in [6, 6.07) is 14.8. The Morgan fingerprint density at radius 2 is 2.04 bits per heavy atom. The number of carbonyl (C=O) groups excluding carboxylic acids is 2. The lowest BCUT2D eigenvalue weighted by Gasteiger charge is -2.21. The molecule has 2 amide bonds. The fraction of sp³-hybridized carbons (Fsp3) is 0.368. The zero-order valence-corrected chi connectivity index (χ0v) is 14.4. The number of amides is 2. The van der Waals surface area contributed by atoms with Crippen LogP contribution >= 0.6 is 11.8 Å². The Hall–Kier alpha value is -2.01. The second-order valence-electron chi connectivity index (χ2n) is 6.02. The van der Waals surface area contributed by atoms with E-state index in [4.69, 9.17) is 0 Å². The lowest BCUT2D eigenvalue weighted by molar-refractivity contribution is -0.132. The van der Waals surface area contributed by atoms with E-state index in [0.717, 1.165) is 17.9 Å². The Morgan fingerprint density at radius 1 is 1.21 bits per heavy atom. The van der Waals surface area contributed by atoms with Crippen LogP contribution in [0.4, 0.5) is 0 Å². The number of fused-ring (bicyclic) bond motifs is 1. The van der Waals surface area contributed by atoms with Gasteiger partial charge in [0.25, 0.3) is 0 Å². The quantitative estimate of drug-likeness (QED) is 0.794. The first kappa shape index (κ1) is 16.8. The molecule has 0 aliphatic carbocycles. The van der Waals surface area contributed by atoms with Crippen molar-refractivity contribution in [1.29, 1.82) is 0 Å². The molecular formula is C19H22N2O2S. The molecule has 1 aliphatic rings. The molecule has 4 nitrogen and oxygen atoms in total. The highest BCUT2D eigenvalue weighted by Crippen LogP contribution is 2.22. The molecular weight excluding hydrogens is 320 g/mol. The first-order valence-electron chi connectivity index (χ1n) is 8.33. The van der Waals surface area contributed by atoms with Crippen LogP contribution in [0, 0.1) is 5.92 Å². The van der Waals surface area contributed by atoms with E-state index < -0.39 is 0 Å². The molecule has 1 fully saturated rings. The van der Waals surface area contributed by atoms with E-state index in [0.29, 0.717) is 19.5 Å². The summed E-state index contributed by atoms with van der Waals surface area (Å²) in [6.45, 7) is 1.25. The van der Waals surface area contributed by atoms with Crippen molar-refractivity contribution in [3.8, 4) is 0 Å². The summed E-state index contributed by atoms with van der Waals surface area (Å²) in [5.74, 6) is 1.63. The van der Waals surface area contributed by atoms with E-state index in [1.54, 1.807) is 0 Å². The van der Waals surface area contributed by atoms with Gasteiger partial charge in [-0.2, -0.15) is 11.8 Å². The minimum absolute atomic E-state index is 0.00982. The van der Waals surface area contributed by atoms with Crippen molar-refractivity contribution in [3.63, 3.8) is 0 Å². The SMILES string of the molecule is O=C1C[C@H](C(=O)NCCSCc2cccc3ccccc23)CCN1. The third-order valence-electron chi connectivity index (χ3n) is 4.30. The standard InChI is InChI=1S/C19H22N2O2S/c22-18-12-15(8-9-20-18)19(23)21-10-11-24-13-16-6-3-5-14-4-1-2-7-17(14)16/h1-7,15H,8-13H2,(H,20,22)(H,21,23)/t15-/m1/s1. The summed E-state index contributed by atoms with van der Waals surface area (Å²) in [5, 5.41) is 8.27. The average Bonchev–Trinajstić information content (AvgIpc) is 2.61. The van der Waals surface area contributed by atoms with Crippen molar-refractivity contribution in [2.75, 3.05) is 18.8 Å². The number of hydrogen-bond acceptors (Lipinski definition) is 3. The first-order valence-corrected chi connectivity index (χ1v) is 9.48. The monoisotopic (exact) mass is 342 g/mol. The van der Waals surface area contributed by atoms with Crippen molar-refractivity contribution in [3.05, 3.63) is 48.0 Å². The van der Waals surface area contributed by atoms with Gasteiger partial charge in [0, 0.05) is 36.9 Å². The number of rotatable bonds is 6. The van der Waals surface area contributed by atoms with Gasteiger partial charge in [0.05, 0.1) is 0 Å². The van der Waals surface area contributed by atoms with Crippen molar-refractivity contribution < 1.29 is 9.59 Å². The van der Waals surface area contributed by atoms with Gasteiger partial charge in [-0.1, -0.05) is 42.5 Å². The molecule has 3 rings (SSSR count). The smallest absolute Gasteiger partial charge is 0.223 e. The second-order valence-corrected chi connectivity index (χ2v) is 7.13. The number of piperidine rings is 1. The first-order chi connectivity index (χ1) is 11.7. The summed E-state index contributed by atoms with van der Waals surface area (Å²) >= 11 is 1.82. The Morgan fingerprint density at radius 3 is 2.92 bits per heavy atom. The number of carbonyl (C=O) groups is 2. The van der Waals surface area contributed by atoms with Crippen LogP contribution in [-0.4, -0.2) is 30.7 Å². The molecule has 5 heteroatoms. The van der Waals surface area contributed by atoms with Gasteiger partial charge in [0.15, 0.2) is 0 Å². The van der Waals surface area contributed by atoms with Crippen LogP contribution in [0.5, 0.6) is 0 Å². The third kappa shape index (κ3) is 4.29.